The Hall–Kier alpha value is -4.07. The number of aliphatic hydroxyl groups is 1. The van der Waals surface area contributed by atoms with Crippen LogP contribution in [0.15, 0.2) is 58.5 Å². The number of fused-ring (bicyclic) bond motifs is 2. The second kappa shape index (κ2) is 16.7. The first-order valence-electron chi connectivity index (χ1n) is 14.2. The van der Waals surface area contributed by atoms with E-state index in [-0.39, 0.29) is 53.5 Å². The van der Waals surface area contributed by atoms with Gasteiger partial charge in [0.15, 0.2) is 6.10 Å². The molecule has 2 rings (SSSR count). The van der Waals surface area contributed by atoms with Crippen molar-refractivity contribution in [3.63, 3.8) is 0 Å². The molecule has 1 aliphatic heterocycles. The lowest BCUT2D eigenvalue weighted by molar-refractivity contribution is -0.140. The Morgan fingerprint density at radius 3 is 2.41 bits per heavy atom. The van der Waals surface area contributed by atoms with Crippen LogP contribution in [0.5, 0.6) is 0 Å². The van der Waals surface area contributed by atoms with Gasteiger partial charge in [-0.2, -0.15) is 0 Å². The molecular formula is C31H43N3O10. The lowest BCUT2D eigenvalue weighted by Gasteiger charge is -2.30. The number of allylic oxidation sites excluding steroid dienone is 4. The van der Waals surface area contributed by atoms with Crippen LogP contribution in [-0.2, 0) is 38.1 Å². The Morgan fingerprint density at radius 1 is 1.16 bits per heavy atom. The number of nitrogens with two attached hydrogens (primary N) is 1. The minimum absolute atomic E-state index is 0.132. The van der Waals surface area contributed by atoms with Gasteiger partial charge in [0.1, 0.15) is 12.7 Å². The van der Waals surface area contributed by atoms with Crippen LogP contribution in [-0.4, -0.2) is 86.9 Å². The first kappa shape index (κ1) is 36.1. The van der Waals surface area contributed by atoms with E-state index in [2.05, 4.69) is 10.6 Å². The molecule has 2 aliphatic rings. The van der Waals surface area contributed by atoms with E-state index >= 15 is 0 Å². The summed E-state index contributed by atoms with van der Waals surface area (Å²) in [5.74, 6) is -3.04. The van der Waals surface area contributed by atoms with Crippen molar-refractivity contribution in [2.24, 2.45) is 17.6 Å². The van der Waals surface area contributed by atoms with Crippen molar-refractivity contribution in [1.82, 2.24) is 10.6 Å². The van der Waals surface area contributed by atoms with E-state index in [9.17, 15) is 29.1 Å². The molecule has 242 valence electrons. The van der Waals surface area contributed by atoms with Crippen molar-refractivity contribution in [2.75, 3.05) is 27.9 Å². The first-order chi connectivity index (χ1) is 20.7. The van der Waals surface area contributed by atoms with E-state index in [0.29, 0.717) is 0 Å². The molecule has 0 saturated carbocycles. The number of primary amides is 1. The van der Waals surface area contributed by atoms with E-state index in [1.54, 1.807) is 13.0 Å². The number of ketones is 2. The fraction of sp³-hybridized carbons (Fsp3) is 0.516. The van der Waals surface area contributed by atoms with E-state index in [1.807, 2.05) is 6.92 Å². The Kier molecular flexibility index (Phi) is 13.7. The maximum atomic E-state index is 13.4. The number of methoxy groups -OCH3 is 2. The van der Waals surface area contributed by atoms with Gasteiger partial charge in [0, 0.05) is 56.9 Å². The summed E-state index contributed by atoms with van der Waals surface area (Å²) >= 11 is 0. The maximum Gasteiger partial charge on any atom is 0.405 e. The molecule has 2 bridgehead atoms. The third kappa shape index (κ3) is 9.73. The molecule has 0 fully saturated rings. The Balaban J connectivity index is 2.69. The number of esters is 1. The van der Waals surface area contributed by atoms with Gasteiger partial charge in [-0.1, -0.05) is 38.2 Å². The fourth-order valence-corrected chi connectivity index (χ4v) is 5.03. The molecule has 0 spiro atoms. The van der Waals surface area contributed by atoms with E-state index < -0.39 is 59.9 Å². The SMILES string of the molecule is CNC1=C2C[C@@H](C)C[C@H](OC)[C@H](O)[C@@H](C)/C=C(\COC(C)=O)[C@H](OC(N)=O)[C@H](OC)/C=C\C=C(/C)C(=O)NC(=CC1=O)C2=O. The maximum absolute atomic E-state index is 13.4. The molecule has 44 heavy (non-hydrogen) atoms. The van der Waals surface area contributed by atoms with Gasteiger partial charge in [-0.15, -0.1) is 0 Å². The predicted octanol–water partition coefficient (Wildman–Crippen LogP) is 1.52. The second-order valence-corrected chi connectivity index (χ2v) is 10.8. The van der Waals surface area contributed by atoms with Crippen molar-refractivity contribution < 1.29 is 48.0 Å². The Labute approximate surface area is 257 Å². The summed E-state index contributed by atoms with van der Waals surface area (Å²) in [7, 11) is 4.34. The fourth-order valence-electron chi connectivity index (χ4n) is 5.03. The molecule has 1 aliphatic carbocycles. The average molecular weight is 618 g/mol. The normalized spacial score (nSPS) is 30.6. The van der Waals surface area contributed by atoms with Crippen LogP contribution in [0.2, 0.25) is 0 Å². The molecule has 13 nitrogen and oxygen atoms in total. The lowest BCUT2D eigenvalue weighted by atomic mass is 9.85. The molecule has 0 unspecified atom stereocenters. The van der Waals surface area contributed by atoms with E-state index in [4.69, 9.17) is 24.7 Å². The highest BCUT2D eigenvalue weighted by molar-refractivity contribution is 6.23. The summed E-state index contributed by atoms with van der Waals surface area (Å²) in [6, 6.07) is 0. The van der Waals surface area contributed by atoms with Gasteiger partial charge in [0.25, 0.3) is 5.91 Å². The number of carbonyl (C=O) groups excluding carboxylic acids is 5. The van der Waals surface area contributed by atoms with Gasteiger partial charge in [0.05, 0.1) is 23.6 Å². The number of carbonyl (C=O) groups is 5. The number of aliphatic hydroxyl groups excluding tert-OH is 1. The molecule has 0 saturated heterocycles. The highest BCUT2D eigenvalue weighted by Gasteiger charge is 2.34. The van der Waals surface area contributed by atoms with E-state index in [0.717, 1.165) is 6.08 Å². The van der Waals surface area contributed by atoms with Crippen molar-refractivity contribution in [3.05, 3.63) is 58.5 Å². The molecule has 0 aromatic heterocycles. The zero-order valence-electron chi connectivity index (χ0n) is 26.2. The molecular weight excluding hydrogens is 574 g/mol. The summed E-state index contributed by atoms with van der Waals surface area (Å²) in [4.78, 5) is 62.9. The third-order valence-corrected chi connectivity index (χ3v) is 7.35. The summed E-state index contributed by atoms with van der Waals surface area (Å²) < 4.78 is 21.8. The van der Waals surface area contributed by atoms with Crippen molar-refractivity contribution in [2.45, 2.75) is 65.0 Å². The third-order valence-electron chi connectivity index (χ3n) is 7.35. The molecule has 5 N–H and O–H groups in total. The Morgan fingerprint density at radius 2 is 1.84 bits per heavy atom. The molecule has 2 amide bonds. The van der Waals surface area contributed by atoms with Gasteiger partial charge < -0.3 is 40.4 Å². The van der Waals surface area contributed by atoms with Crippen molar-refractivity contribution >= 4 is 29.5 Å². The first-order valence-corrected chi connectivity index (χ1v) is 14.2. The van der Waals surface area contributed by atoms with E-state index in [1.165, 1.54) is 53.3 Å². The molecule has 0 aromatic carbocycles. The number of hydrogen-bond donors (Lipinski definition) is 4. The van der Waals surface area contributed by atoms with Crippen LogP contribution in [0.3, 0.4) is 0 Å². The second-order valence-electron chi connectivity index (χ2n) is 10.8. The topological polar surface area (TPSA) is 193 Å². The predicted molar refractivity (Wildman–Crippen MR) is 160 cm³/mol. The summed E-state index contributed by atoms with van der Waals surface area (Å²) in [5, 5.41) is 16.7. The van der Waals surface area contributed by atoms with Gasteiger partial charge >= 0.3 is 12.1 Å². The van der Waals surface area contributed by atoms with Crippen LogP contribution < -0.4 is 16.4 Å². The monoisotopic (exact) mass is 617 g/mol. The standard InChI is InChI=1S/C31H43N3O10/c1-16-11-21-26(33-5)23(36)14-22(28(21)38)34-30(39)17(2)9-8-10-24(41-6)29(44-31(32)40)20(15-43-19(4)35)13-18(3)27(37)25(12-16)42-7/h8-10,13-14,16,18,24-25,27,29,33,37H,11-12,15H2,1-7H3,(H2,32,40)(H,34,39)/b10-8-,17-9+,20-13+/t16-,18+,24-,25+,27-,29+/m1/s1. The lowest BCUT2D eigenvalue weighted by Crippen LogP contribution is -2.39. The Bertz CT molecular complexity index is 1280. The number of hydrogen-bond acceptors (Lipinski definition) is 11. The van der Waals surface area contributed by atoms with Crippen LogP contribution in [0.1, 0.15) is 40.5 Å². The summed E-state index contributed by atoms with van der Waals surface area (Å²) in [6.07, 6.45) is 2.47. The highest BCUT2D eigenvalue weighted by atomic mass is 16.6. The van der Waals surface area contributed by atoms with Gasteiger partial charge in [-0.25, -0.2) is 4.79 Å². The minimum atomic E-state index is -1.17. The molecule has 0 aromatic rings. The highest BCUT2D eigenvalue weighted by Crippen LogP contribution is 2.29. The molecule has 0 radical (unpaired) electrons. The van der Waals surface area contributed by atoms with Crippen molar-refractivity contribution in [3.8, 4) is 0 Å². The number of ether oxygens (including phenoxy) is 4. The number of amides is 2. The number of likely N-dealkylation sites (N-methyl/N-ethyl adjacent to an activating group) is 1. The summed E-state index contributed by atoms with van der Waals surface area (Å²) in [6.45, 7) is 5.99. The van der Waals surface area contributed by atoms with Crippen molar-refractivity contribution in [1.29, 1.82) is 0 Å². The molecule has 1 heterocycles. The zero-order valence-corrected chi connectivity index (χ0v) is 26.2. The number of nitrogens with one attached hydrogen (secondary N) is 2. The van der Waals surface area contributed by atoms with Crippen LogP contribution in [0.4, 0.5) is 4.79 Å². The van der Waals surface area contributed by atoms with Gasteiger partial charge in [0.2, 0.25) is 11.6 Å². The van der Waals surface area contributed by atoms with Crippen LogP contribution >= 0.6 is 0 Å². The molecule has 6 atom stereocenters. The summed E-state index contributed by atoms with van der Waals surface area (Å²) in [5.41, 5.74) is 6.03. The van der Waals surface area contributed by atoms with Gasteiger partial charge in [-0.3, -0.25) is 19.2 Å². The number of rotatable bonds is 6. The largest absolute Gasteiger partial charge is 0.461 e. The smallest absolute Gasteiger partial charge is 0.405 e. The quantitative estimate of drug-likeness (QED) is 0.192. The number of Topliss-reactive ketones (excluding diaryl/α,β-unsaturated/α-hetero) is 1. The van der Waals surface area contributed by atoms with Gasteiger partial charge in [-0.05, 0) is 25.7 Å². The van der Waals surface area contributed by atoms with Crippen LogP contribution in [0, 0.1) is 11.8 Å². The average Bonchev–Trinajstić information content (AvgIpc) is 2.96. The van der Waals surface area contributed by atoms with Crippen LogP contribution in [0.25, 0.3) is 0 Å². The minimum Gasteiger partial charge on any atom is -0.461 e. The zero-order chi connectivity index (χ0) is 33.1. The molecule has 13 heteroatoms.